The summed E-state index contributed by atoms with van der Waals surface area (Å²) in [5.41, 5.74) is 2.77. The Hall–Kier alpha value is -0.123. The van der Waals surface area contributed by atoms with Crippen molar-refractivity contribution in [2.24, 2.45) is 0 Å². The zero-order valence-electron chi connectivity index (χ0n) is 14.0. The molecule has 1 aromatic rings. The van der Waals surface area contributed by atoms with Crippen LogP contribution in [0.2, 0.25) is 18.1 Å². The molecule has 0 aliphatic heterocycles. The molecule has 0 radical (unpaired) electrons. The van der Waals surface area contributed by atoms with Gasteiger partial charge in [0.2, 0.25) is 0 Å². The SMILES string of the molecule is C[SiH](C)C(C)(C)COCc1ccc(C(C)(C)C)cc1Br. The Morgan fingerprint density at radius 3 is 2.15 bits per heavy atom. The van der Waals surface area contributed by atoms with Crippen LogP contribution in [0.1, 0.15) is 45.7 Å². The van der Waals surface area contributed by atoms with E-state index in [2.05, 4.69) is 81.8 Å². The summed E-state index contributed by atoms with van der Waals surface area (Å²) in [6.07, 6.45) is 0. The predicted octanol–water partition coefficient (Wildman–Crippen LogP) is 5.53. The minimum Gasteiger partial charge on any atom is -0.376 e. The second-order valence-corrected chi connectivity index (χ2v) is 12.4. The van der Waals surface area contributed by atoms with Crippen LogP contribution in [0.15, 0.2) is 22.7 Å². The van der Waals surface area contributed by atoms with Crippen LogP contribution in [0.25, 0.3) is 0 Å². The van der Waals surface area contributed by atoms with Crippen molar-refractivity contribution >= 4 is 24.7 Å². The van der Waals surface area contributed by atoms with Crippen LogP contribution in [0.5, 0.6) is 0 Å². The normalized spacial score (nSPS) is 13.1. The highest BCUT2D eigenvalue weighted by Gasteiger charge is 2.23. The van der Waals surface area contributed by atoms with Crippen LogP contribution in [0.4, 0.5) is 0 Å². The summed E-state index contributed by atoms with van der Waals surface area (Å²) in [5.74, 6) is 0. The van der Waals surface area contributed by atoms with Crippen molar-refractivity contribution in [1.29, 1.82) is 0 Å². The molecule has 3 heteroatoms. The molecule has 0 unspecified atom stereocenters. The largest absolute Gasteiger partial charge is 0.376 e. The predicted molar refractivity (Wildman–Crippen MR) is 95.4 cm³/mol. The monoisotopic (exact) mass is 356 g/mol. The third kappa shape index (κ3) is 5.01. The van der Waals surface area contributed by atoms with Gasteiger partial charge < -0.3 is 4.74 Å². The van der Waals surface area contributed by atoms with Gasteiger partial charge in [0.25, 0.3) is 0 Å². The van der Waals surface area contributed by atoms with Crippen molar-refractivity contribution in [2.45, 2.75) is 64.8 Å². The highest BCUT2D eigenvalue weighted by molar-refractivity contribution is 9.10. The molecule has 0 bridgehead atoms. The Morgan fingerprint density at radius 1 is 1.10 bits per heavy atom. The van der Waals surface area contributed by atoms with Crippen molar-refractivity contribution in [3.05, 3.63) is 33.8 Å². The second kappa shape index (κ2) is 6.76. The Balaban J connectivity index is 2.67. The number of hydrogen-bond donors (Lipinski definition) is 0. The van der Waals surface area contributed by atoms with Crippen LogP contribution in [-0.2, 0) is 16.8 Å². The van der Waals surface area contributed by atoms with E-state index in [0.717, 1.165) is 11.1 Å². The highest BCUT2D eigenvalue weighted by atomic mass is 79.9. The fourth-order valence-electron chi connectivity index (χ4n) is 1.72. The van der Waals surface area contributed by atoms with Crippen LogP contribution in [-0.4, -0.2) is 15.4 Å². The standard InChI is InChI=1S/C17H29BrOSi/c1-16(2,3)14-9-8-13(15(18)10-14)11-19-12-17(4,5)20(6)7/h8-10,20H,11-12H2,1-7H3. The van der Waals surface area contributed by atoms with Gasteiger partial charge in [0.15, 0.2) is 0 Å². The van der Waals surface area contributed by atoms with Gasteiger partial charge in [-0.15, -0.1) is 0 Å². The molecule has 1 rings (SSSR count). The molecule has 1 nitrogen and oxygen atoms in total. The Bertz CT molecular complexity index is 447. The lowest BCUT2D eigenvalue weighted by Crippen LogP contribution is -2.26. The summed E-state index contributed by atoms with van der Waals surface area (Å²) in [6.45, 7) is 17.7. The van der Waals surface area contributed by atoms with E-state index in [1.54, 1.807) is 0 Å². The molecule has 0 saturated carbocycles. The van der Waals surface area contributed by atoms with Crippen molar-refractivity contribution in [3.63, 3.8) is 0 Å². The third-order valence-electron chi connectivity index (χ3n) is 4.21. The molecule has 20 heavy (non-hydrogen) atoms. The second-order valence-electron chi connectivity index (χ2n) is 7.69. The molecule has 0 aliphatic carbocycles. The van der Waals surface area contributed by atoms with Gasteiger partial charge in [0.05, 0.1) is 6.61 Å². The fraction of sp³-hybridized carbons (Fsp3) is 0.647. The first kappa shape index (κ1) is 17.9. The van der Waals surface area contributed by atoms with Crippen LogP contribution in [0.3, 0.4) is 0 Å². The Morgan fingerprint density at radius 2 is 1.70 bits per heavy atom. The van der Waals surface area contributed by atoms with E-state index < -0.39 is 8.80 Å². The lowest BCUT2D eigenvalue weighted by Gasteiger charge is -2.28. The van der Waals surface area contributed by atoms with E-state index in [0.29, 0.717) is 11.6 Å². The smallest absolute Gasteiger partial charge is 0.0727 e. The average Bonchev–Trinajstić information content (AvgIpc) is 2.29. The number of ether oxygens (including phenoxy) is 1. The number of halogens is 1. The van der Waals surface area contributed by atoms with Crippen molar-refractivity contribution in [2.75, 3.05) is 6.61 Å². The Labute approximate surface area is 134 Å². The van der Waals surface area contributed by atoms with Gasteiger partial charge in [-0.3, -0.25) is 0 Å². The van der Waals surface area contributed by atoms with E-state index in [9.17, 15) is 0 Å². The lowest BCUT2D eigenvalue weighted by molar-refractivity contribution is 0.100. The molecule has 0 heterocycles. The van der Waals surface area contributed by atoms with Crippen LogP contribution < -0.4 is 0 Å². The summed E-state index contributed by atoms with van der Waals surface area (Å²) >= 11 is 3.68. The van der Waals surface area contributed by atoms with Gasteiger partial charge in [-0.25, -0.2) is 0 Å². The van der Waals surface area contributed by atoms with Gasteiger partial charge in [-0.2, -0.15) is 0 Å². The molecule has 114 valence electrons. The van der Waals surface area contributed by atoms with Gasteiger partial charge in [0.1, 0.15) is 0 Å². The molecule has 0 aromatic heterocycles. The molecular weight excluding hydrogens is 328 g/mol. The zero-order valence-corrected chi connectivity index (χ0v) is 16.8. The quantitative estimate of drug-likeness (QED) is 0.630. The third-order valence-corrected chi connectivity index (χ3v) is 8.24. The van der Waals surface area contributed by atoms with Gasteiger partial charge in [-0.05, 0) is 27.6 Å². The lowest BCUT2D eigenvalue weighted by atomic mass is 9.87. The molecule has 0 atom stereocenters. The van der Waals surface area contributed by atoms with E-state index in [4.69, 9.17) is 4.74 Å². The topological polar surface area (TPSA) is 9.23 Å². The minimum absolute atomic E-state index is 0.188. The maximum atomic E-state index is 5.96. The van der Waals surface area contributed by atoms with Gasteiger partial charge >= 0.3 is 0 Å². The molecule has 0 aliphatic rings. The van der Waals surface area contributed by atoms with Crippen LogP contribution >= 0.6 is 15.9 Å². The average molecular weight is 357 g/mol. The van der Waals surface area contributed by atoms with Crippen LogP contribution in [0, 0.1) is 0 Å². The molecule has 0 fully saturated rings. The zero-order chi connectivity index (χ0) is 15.6. The number of rotatable bonds is 5. The highest BCUT2D eigenvalue weighted by Crippen LogP contribution is 2.30. The first-order chi connectivity index (χ1) is 9.04. The minimum atomic E-state index is -0.685. The summed E-state index contributed by atoms with van der Waals surface area (Å²) in [6, 6.07) is 6.62. The fourth-order valence-corrected chi connectivity index (χ4v) is 2.67. The molecule has 0 N–H and O–H groups in total. The summed E-state index contributed by atoms with van der Waals surface area (Å²) in [7, 11) is -0.685. The summed E-state index contributed by atoms with van der Waals surface area (Å²) in [5, 5.41) is 0.359. The van der Waals surface area contributed by atoms with E-state index in [1.807, 2.05) is 0 Å². The molecule has 0 saturated heterocycles. The maximum Gasteiger partial charge on any atom is 0.0727 e. The Kier molecular flexibility index (Phi) is 6.06. The maximum absolute atomic E-state index is 5.96. The molecular formula is C17H29BrOSi. The first-order valence-corrected chi connectivity index (χ1v) is 11.1. The van der Waals surface area contributed by atoms with E-state index in [-0.39, 0.29) is 5.41 Å². The van der Waals surface area contributed by atoms with Crippen molar-refractivity contribution in [3.8, 4) is 0 Å². The van der Waals surface area contributed by atoms with E-state index in [1.165, 1.54) is 11.1 Å². The summed E-state index contributed by atoms with van der Waals surface area (Å²) < 4.78 is 7.11. The van der Waals surface area contributed by atoms with E-state index >= 15 is 0 Å². The molecule has 1 aromatic carbocycles. The molecule has 0 amide bonds. The summed E-state index contributed by atoms with van der Waals surface area (Å²) in [4.78, 5) is 0. The number of benzene rings is 1. The number of hydrogen-bond acceptors (Lipinski definition) is 1. The van der Waals surface area contributed by atoms with Gasteiger partial charge in [0, 0.05) is 19.9 Å². The molecule has 0 spiro atoms. The van der Waals surface area contributed by atoms with Crippen molar-refractivity contribution in [1.82, 2.24) is 0 Å². The van der Waals surface area contributed by atoms with Gasteiger partial charge in [-0.1, -0.05) is 75.8 Å². The first-order valence-electron chi connectivity index (χ1n) is 7.40. The van der Waals surface area contributed by atoms with Crippen molar-refractivity contribution < 1.29 is 4.74 Å².